The molecule has 312 valence electrons. The second-order valence-corrected chi connectivity index (χ2v) is 16.6. The van der Waals surface area contributed by atoms with E-state index in [1.807, 2.05) is 0 Å². The zero-order valence-electron chi connectivity index (χ0n) is 35.1. The fourth-order valence-electron chi connectivity index (χ4n) is 8.01. The molecule has 8 nitrogen and oxygen atoms in total. The van der Waals surface area contributed by atoms with Gasteiger partial charge in [-0.25, -0.2) is 0 Å². The predicted molar refractivity (Wildman–Crippen MR) is 215 cm³/mol. The first-order chi connectivity index (χ1) is 26.0. The maximum Gasteiger partial charge on any atom is 0.308 e. The normalized spacial score (nSPS) is 21.4. The zero-order chi connectivity index (χ0) is 38.2. The summed E-state index contributed by atoms with van der Waals surface area (Å²) in [5.41, 5.74) is -0.179. The Morgan fingerprint density at radius 2 is 0.717 bits per heavy atom. The molecule has 8 heteroatoms. The SMILES string of the molecule is CCCCCCCCC(CCCCCCCCC1OCC2(CO1)COC(CCCCCCCCC(CCCCCCCC)C(=O)OC)OC2)C(=O)OC. The van der Waals surface area contributed by atoms with Crippen molar-refractivity contribution in [1.29, 1.82) is 0 Å². The molecule has 2 fully saturated rings. The summed E-state index contributed by atoms with van der Waals surface area (Å²) in [6, 6.07) is 0. The van der Waals surface area contributed by atoms with Crippen LogP contribution >= 0.6 is 0 Å². The standard InChI is InChI=1S/C45H84O8/c1-5-7-9-11-17-23-29-39(43(46)48-3)31-25-19-13-15-21-27-33-41-50-35-45(36-51-41)37-52-42(53-38-45)34-28-22-16-14-20-26-32-40(44(47)49-4)30-24-18-12-10-8-6-2/h39-42H,5-38H2,1-4H3. The third-order valence-corrected chi connectivity index (χ3v) is 11.7. The van der Waals surface area contributed by atoms with Crippen molar-refractivity contribution in [1.82, 2.24) is 0 Å². The molecule has 0 radical (unpaired) electrons. The molecule has 0 aromatic carbocycles. The van der Waals surface area contributed by atoms with Crippen molar-refractivity contribution in [3.8, 4) is 0 Å². The van der Waals surface area contributed by atoms with Crippen molar-refractivity contribution in [2.45, 2.75) is 219 Å². The summed E-state index contributed by atoms with van der Waals surface area (Å²) >= 11 is 0. The number of rotatable bonds is 34. The Kier molecular flexibility index (Phi) is 28.9. The number of carbonyl (C=O) groups is 2. The van der Waals surface area contributed by atoms with Crippen LogP contribution < -0.4 is 0 Å². The number of hydrogen-bond acceptors (Lipinski definition) is 8. The highest BCUT2D eigenvalue weighted by atomic mass is 16.7. The Labute approximate surface area is 326 Å². The minimum absolute atomic E-state index is 0.0191. The van der Waals surface area contributed by atoms with Crippen LogP contribution in [-0.4, -0.2) is 65.2 Å². The number of esters is 2. The van der Waals surface area contributed by atoms with E-state index in [4.69, 9.17) is 28.4 Å². The van der Waals surface area contributed by atoms with Crippen LogP contribution in [0.15, 0.2) is 0 Å². The molecule has 53 heavy (non-hydrogen) atoms. The van der Waals surface area contributed by atoms with Gasteiger partial charge >= 0.3 is 11.9 Å². The van der Waals surface area contributed by atoms with Crippen LogP contribution in [0.4, 0.5) is 0 Å². The number of unbranched alkanes of at least 4 members (excludes halogenated alkanes) is 20. The van der Waals surface area contributed by atoms with Gasteiger partial charge in [0.25, 0.3) is 0 Å². The van der Waals surface area contributed by atoms with E-state index in [0.29, 0.717) is 26.4 Å². The maximum atomic E-state index is 12.2. The molecular formula is C45H84O8. The molecule has 0 aliphatic carbocycles. The Morgan fingerprint density at radius 3 is 1.00 bits per heavy atom. The van der Waals surface area contributed by atoms with Gasteiger partial charge in [-0.2, -0.15) is 0 Å². The van der Waals surface area contributed by atoms with Gasteiger partial charge in [-0.3, -0.25) is 9.59 Å². The van der Waals surface area contributed by atoms with Crippen molar-refractivity contribution in [3.63, 3.8) is 0 Å². The maximum absolute atomic E-state index is 12.2. The lowest BCUT2D eigenvalue weighted by Gasteiger charge is -2.43. The molecule has 1 spiro atoms. The summed E-state index contributed by atoms with van der Waals surface area (Å²) < 4.78 is 34.7. The number of hydrogen-bond donors (Lipinski definition) is 0. The van der Waals surface area contributed by atoms with Crippen molar-refractivity contribution in [2.75, 3.05) is 40.6 Å². The lowest BCUT2D eigenvalue weighted by atomic mass is 9.90. The minimum atomic E-state index is -0.179. The predicted octanol–water partition coefficient (Wildman–Crippen LogP) is 12.0. The van der Waals surface area contributed by atoms with Crippen LogP contribution in [0.1, 0.15) is 206 Å². The first-order valence-electron chi connectivity index (χ1n) is 22.6. The molecule has 2 heterocycles. The molecule has 2 aliphatic rings. The molecule has 2 atom stereocenters. The lowest BCUT2D eigenvalue weighted by molar-refractivity contribution is -0.304. The van der Waals surface area contributed by atoms with Gasteiger partial charge in [0, 0.05) is 0 Å². The average molecular weight is 753 g/mol. The van der Waals surface area contributed by atoms with Crippen molar-refractivity contribution in [3.05, 3.63) is 0 Å². The van der Waals surface area contributed by atoms with Gasteiger partial charge in [0.05, 0.1) is 57.9 Å². The van der Waals surface area contributed by atoms with Crippen LogP contribution in [0.25, 0.3) is 0 Å². The third-order valence-electron chi connectivity index (χ3n) is 11.7. The van der Waals surface area contributed by atoms with Crippen LogP contribution in [-0.2, 0) is 38.0 Å². The van der Waals surface area contributed by atoms with Gasteiger partial charge in [-0.15, -0.1) is 0 Å². The number of methoxy groups -OCH3 is 2. The van der Waals surface area contributed by atoms with Gasteiger partial charge in [0.1, 0.15) is 0 Å². The fraction of sp³-hybridized carbons (Fsp3) is 0.956. The van der Waals surface area contributed by atoms with E-state index >= 15 is 0 Å². The van der Waals surface area contributed by atoms with Gasteiger partial charge < -0.3 is 28.4 Å². The molecule has 0 bridgehead atoms. The minimum Gasteiger partial charge on any atom is -0.469 e. The lowest BCUT2D eigenvalue weighted by Crippen LogP contribution is -2.52. The van der Waals surface area contributed by atoms with Crippen LogP contribution in [0.3, 0.4) is 0 Å². The molecule has 2 unspecified atom stereocenters. The largest absolute Gasteiger partial charge is 0.469 e. The monoisotopic (exact) mass is 753 g/mol. The van der Waals surface area contributed by atoms with Crippen molar-refractivity contribution >= 4 is 11.9 Å². The smallest absolute Gasteiger partial charge is 0.308 e. The van der Waals surface area contributed by atoms with Crippen molar-refractivity contribution < 1.29 is 38.0 Å². The third kappa shape index (κ3) is 22.8. The first-order valence-corrected chi connectivity index (χ1v) is 22.6. The molecule has 2 saturated heterocycles. The molecule has 0 amide bonds. The molecule has 0 N–H and O–H groups in total. The summed E-state index contributed by atoms with van der Waals surface area (Å²) in [5, 5.41) is 0. The topological polar surface area (TPSA) is 89.5 Å². The summed E-state index contributed by atoms with van der Waals surface area (Å²) in [6.45, 7) is 7.05. The highest BCUT2D eigenvalue weighted by Gasteiger charge is 2.41. The highest BCUT2D eigenvalue weighted by Crippen LogP contribution is 2.32. The highest BCUT2D eigenvalue weighted by molar-refractivity contribution is 5.72. The molecule has 2 rings (SSSR count). The Balaban J connectivity index is 1.43. The van der Waals surface area contributed by atoms with Gasteiger partial charge in [0.2, 0.25) is 0 Å². The van der Waals surface area contributed by atoms with Crippen LogP contribution in [0.2, 0.25) is 0 Å². The zero-order valence-corrected chi connectivity index (χ0v) is 35.1. The fourth-order valence-corrected chi connectivity index (χ4v) is 8.01. The van der Waals surface area contributed by atoms with E-state index in [1.165, 1.54) is 130 Å². The van der Waals surface area contributed by atoms with Gasteiger partial charge in [0.15, 0.2) is 12.6 Å². The summed E-state index contributed by atoms with van der Waals surface area (Å²) in [7, 11) is 3.05. The second-order valence-electron chi connectivity index (χ2n) is 16.6. The van der Waals surface area contributed by atoms with E-state index < -0.39 is 0 Å². The molecular weight excluding hydrogens is 668 g/mol. The van der Waals surface area contributed by atoms with E-state index in [1.54, 1.807) is 0 Å². The van der Waals surface area contributed by atoms with Gasteiger partial charge in [-0.05, 0) is 51.4 Å². The summed E-state index contributed by atoms with van der Waals surface area (Å²) in [6.07, 6.45) is 34.7. The Morgan fingerprint density at radius 1 is 0.453 bits per heavy atom. The summed E-state index contributed by atoms with van der Waals surface area (Å²) in [4.78, 5) is 24.5. The average Bonchev–Trinajstić information content (AvgIpc) is 3.18. The van der Waals surface area contributed by atoms with Crippen LogP contribution in [0, 0.1) is 17.3 Å². The van der Waals surface area contributed by atoms with E-state index in [-0.39, 0.29) is 41.8 Å². The van der Waals surface area contributed by atoms with E-state index in [0.717, 1.165) is 77.0 Å². The molecule has 0 saturated carbocycles. The van der Waals surface area contributed by atoms with E-state index in [2.05, 4.69) is 13.8 Å². The van der Waals surface area contributed by atoms with Crippen molar-refractivity contribution in [2.24, 2.45) is 17.3 Å². The molecule has 0 aromatic rings. The molecule has 2 aliphatic heterocycles. The number of carbonyl (C=O) groups excluding carboxylic acids is 2. The molecule has 0 aromatic heterocycles. The van der Waals surface area contributed by atoms with Gasteiger partial charge in [-0.1, -0.05) is 155 Å². The first kappa shape index (κ1) is 47.9. The second kappa shape index (κ2) is 31.9. The van der Waals surface area contributed by atoms with E-state index in [9.17, 15) is 9.59 Å². The number of ether oxygens (including phenoxy) is 6. The summed E-state index contributed by atoms with van der Waals surface area (Å²) in [5.74, 6) is 0.114. The van der Waals surface area contributed by atoms with Crippen LogP contribution in [0.5, 0.6) is 0 Å². The quantitative estimate of drug-likeness (QED) is 0.0474. The Bertz CT molecular complexity index is 791. The Hall–Kier alpha value is -1.22.